The van der Waals surface area contributed by atoms with Crippen molar-refractivity contribution in [2.45, 2.75) is 74.1 Å². The van der Waals surface area contributed by atoms with Gasteiger partial charge in [0.2, 0.25) is 0 Å². The average Bonchev–Trinajstić information content (AvgIpc) is 2.78. The topological polar surface area (TPSA) is 12.4 Å². The molecular formula is C21H33N. The molecule has 1 aromatic rings. The normalized spacial score (nSPS) is 30.4. The summed E-state index contributed by atoms with van der Waals surface area (Å²) in [7, 11) is 0. The van der Waals surface area contributed by atoms with Crippen LogP contribution < -0.4 is 0 Å². The molecule has 3 saturated carbocycles. The zero-order valence-electron chi connectivity index (χ0n) is 15.6. The molecule has 1 aliphatic heterocycles. The van der Waals surface area contributed by atoms with Gasteiger partial charge >= 0.3 is 0 Å². The van der Waals surface area contributed by atoms with Gasteiger partial charge in [-0.05, 0) is 41.7 Å². The van der Waals surface area contributed by atoms with Crippen LogP contribution in [-0.2, 0) is 6.42 Å². The Labute approximate surface area is 137 Å². The van der Waals surface area contributed by atoms with E-state index in [0.29, 0.717) is 16.2 Å². The summed E-state index contributed by atoms with van der Waals surface area (Å²) in [5, 5.41) is 0. The second-order valence-corrected chi connectivity index (χ2v) is 8.99. The summed E-state index contributed by atoms with van der Waals surface area (Å²) in [6.45, 7) is 15.2. The molecule has 0 atom stereocenters. The lowest BCUT2D eigenvalue weighted by atomic mass is 9.34. The van der Waals surface area contributed by atoms with E-state index in [2.05, 4.69) is 58.9 Å². The maximum absolute atomic E-state index is 4.83. The van der Waals surface area contributed by atoms with Crippen LogP contribution in [0.2, 0.25) is 0 Å². The van der Waals surface area contributed by atoms with Gasteiger partial charge in [-0.3, -0.25) is 4.99 Å². The van der Waals surface area contributed by atoms with E-state index in [1.807, 2.05) is 13.8 Å². The Morgan fingerprint density at radius 1 is 0.955 bits per heavy atom. The zero-order valence-corrected chi connectivity index (χ0v) is 15.6. The minimum atomic E-state index is 0.500. The lowest BCUT2D eigenvalue weighted by Crippen LogP contribution is -2.63. The summed E-state index contributed by atoms with van der Waals surface area (Å²) in [6, 6.07) is 8.59. The molecule has 1 aromatic carbocycles. The Morgan fingerprint density at radius 3 is 1.91 bits per heavy atom. The van der Waals surface area contributed by atoms with E-state index in [1.54, 1.807) is 0 Å². The molecule has 1 heteroatoms. The molecule has 0 aromatic heterocycles. The first-order chi connectivity index (χ1) is 10.2. The third kappa shape index (κ3) is 3.45. The first-order valence-corrected chi connectivity index (χ1v) is 8.85. The third-order valence-electron chi connectivity index (χ3n) is 4.51. The summed E-state index contributed by atoms with van der Waals surface area (Å²) in [5.74, 6) is 0. The van der Waals surface area contributed by atoms with Crippen molar-refractivity contribution >= 4 is 11.4 Å². The van der Waals surface area contributed by atoms with Crippen LogP contribution in [0.25, 0.3) is 0 Å². The van der Waals surface area contributed by atoms with Crippen LogP contribution in [-0.4, -0.2) is 5.71 Å². The largest absolute Gasteiger partial charge is 0.257 e. The second kappa shape index (κ2) is 5.83. The highest BCUT2D eigenvalue weighted by molar-refractivity contribution is 6.00. The zero-order chi connectivity index (χ0) is 16.6. The molecular weight excluding hydrogens is 266 g/mol. The number of rotatable bonds is 1. The lowest BCUT2D eigenvalue weighted by molar-refractivity contribution is -0.138. The van der Waals surface area contributed by atoms with Gasteiger partial charge < -0.3 is 0 Å². The van der Waals surface area contributed by atoms with Crippen molar-refractivity contribution in [2.75, 3.05) is 0 Å². The molecule has 0 saturated heterocycles. The standard InChI is InChI=1S/C14H15N.C5H12.C2H6/c1-13-7-14(8-13,9-13)12-6-10-4-2-3-5-11(10)15-12;1-5(2,3)4;1-2/h2-5H,6-9H2,1H3;1-4H3;1-2H3. The van der Waals surface area contributed by atoms with Gasteiger partial charge in [-0.2, -0.15) is 0 Å². The van der Waals surface area contributed by atoms with Crippen LogP contribution in [0.3, 0.4) is 0 Å². The monoisotopic (exact) mass is 299 g/mol. The van der Waals surface area contributed by atoms with Crippen molar-refractivity contribution in [3.8, 4) is 0 Å². The van der Waals surface area contributed by atoms with Crippen LogP contribution >= 0.6 is 0 Å². The van der Waals surface area contributed by atoms with Crippen LogP contribution in [0.5, 0.6) is 0 Å². The molecule has 4 aliphatic rings. The first kappa shape index (κ1) is 17.2. The third-order valence-corrected chi connectivity index (χ3v) is 4.51. The Hall–Kier alpha value is -1.11. The van der Waals surface area contributed by atoms with Gasteiger partial charge in [0.15, 0.2) is 0 Å². The number of nitrogens with zero attached hydrogens (tertiary/aromatic N) is 1. The summed E-state index contributed by atoms with van der Waals surface area (Å²) in [5.41, 5.74) is 5.86. The van der Waals surface area contributed by atoms with E-state index in [4.69, 9.17) is 4.99 Å². The smallest absolute Gasteiger partial charge is 0.0665 e. The van der Waals surface area contributed by atoms with Gasteiger partial charge in [0, 0.05) is 17.5 Å². The molecule has 0 N–H and O–H groups in total. The quantitative estimate of drug-likeness (QED) is 0.555. The Morgan fingerprint density at radius 2 is 1.45 bits per heavy atom. The molecule has 122 valence electrons. The van der Waals surface area contributed by atoms with E-state index in [0.717, 1.165) is 6.42 Å². The van der Waals surface area contributed by atoms with Crippen molar-refractivity contribution in [2.24, 2.45) is 21.2 Å². The molecule has 1 nitrogen and oxygen atoms in total. The van der Waals surface area contributed by atoms with Gasteiger partial charge in [-0.25, -0.2) is 0 Å². The van der Waals surface area contributed by atoms with Crippen LogP contribution in [0.1, 0.15) is 73.3 Å². The second-order valence-electron chi connectivity index (χ2n) is 8.99. The number of benzene rings is 1. The van der Waals surface area contributed by atoms with E-state index >= 15 is 0 Å². The molecule has 0 spiro atoms. The molecule has 2 bridgehead atoms. The average molecular weight is 300 g/mol. The molecule has 1 heterocycles. The van der Waals surface area contributed by atoms with E-state index in [1.165, 1.54) is 36.2 Å². The first-order valence-electron chi connectivity index (χ1n) is 8.85. The fourth-order valence-corrected chi connectivity index (χ4v) is 4.04. The van der Waals surface area contributed by atoms with Crippen LogP contribution in [0.15, 0.2) is 29.3 Å². The highest BCUT2D eigenvalue weighted by Crippen LogP contribution is 2.74. The molecule has 3 fully saturated rings. The Kier molecular flexibility index (Phi) is 4.57. The summed E-state index contributed by atoms with van der Waals surface area (Å²) in [4.78, 5) is 4.83. The maximum Gasteiger partial charge on any atom is 0.0665 e. The van der Waals surface area contributed by atoms with Crippen molar-refractivity contribution in [3.05, 3.63) is 29.8 Å². The predicted molar refractivity (Wildman–Crippen MR) is 98.1 cm³/mol. The van der Waals surface area contributed by atoms with Crippen molar-refractivity contribution in [3.63, 3.8) is 0 Å². The molecule has 5 rings (SSSR count). The SMILES string of the molecule is CC.CC(C)(C)C.CC12CC(C3=Nc4ccccc4C3)(C1)C2. The highest BCUT2D eigenvalue weighted by Gasteiger charge is 2.67. The van der Waals surface area contributed by atoms with Gasteiger partial charge in [0.05, 0.1) is 5.69 Å². The van der Waals surface area contributed by atoms with Gasteiger partial charge in [0.1, 0.15) is 0 Å². The number of aliphatic imine (C=N–C) groups is 1. The van der Waals surface area contributed by atoms with E-state index in [9.17, 15) is 0 Å². The lowest BCUT2D eigenvalue weighted by Gasteiger charge is -2.69. The number of fused-ring (bicyclic) bond motifs is 1. The predicted octanol–water partition coefficient (Wildman–Crippen LogP) is 6.58. The number of para-hydroxylation sites is 1. The molecule has 0 unspecified atom stereocenters. The molecule has 22 heavy (non-hydrogen) atoms. The van der Waals surface area contributed by atoms with Crippen LogP contribution in [0, 0.1) is 16.2 Å². The summed E-state index contributed by atoms with van der Waals surface area (Å²) < 4.78 is 0. The van der Waals surface area contributed by atoms with Gasteiger partial charge in [0.25, 0.3) is 0 Å². The highest BCUT2D eigenvalue weighted by atomic mass is 14.9. The minimum Gasteiger partial charge on any atom is -0.257 e. The van der Waals surface area contributed by atoms with Gasteiger partial charge in [-0.1, -0.05) is 66.7 Å². The maximum atomic E-state index is 4.83. The van der Waals surface area contributed by atoms with E-state index in [-0.39, 0.29) is 0 Å². The van der Waals surface area contributed by atoms with Crippen molar-refractivity contribution in [1.29, 1.82) is 0 Å². The Bertz CT molecular complexity index is 534. The number of hydrogen-bond acceptors (Lipinski definition) is 1. The summed E-state index contributed by atoms with van der Waals surface area (Å²) in [6.07, 6.45) is 5.30. The fraction of sp³-hybridized carbons (Fsp3) is 0.667. The van der Waals surface area contributed by atoms with Gasteiger partial charge in [-0.15, -0.1) is 0 Å². The number of hydrogen-bond donors (Lipinski definition) is 0. The molecule has 0 amide bonds. The fourth-order valence-electron chi connectivity index (χ4n) is 4.04. The molecule has 3 aliphatic carbocycles. The summed E-state index contributed by atoms with van der Waals surface area (Å²) >= 11 is 0. The van der Waals surface area contributed by atoms with Crippen molar-refractivity contribution in [1.82, 2.24) is 0 Å². The van der Waals surface area contributed by atoms with E-state index < -0.39 is 0 Å². The Balaban J connectivity index is 0.000000219. The van der Waals surface area contributed by atoms with Crippen molar-refractivity contribution < 1.29 is 0 Å². The van der Waals surface area contributed by atoms with Crippen LogP contribution in [0.4, 0.5) is 5.69 Å². The molecule has 0 radical (unpaired) electrons. The minimum absolute atomic E-state index is 0.500.